The highest BCUT2D eigenvalue weighted by atomic mass is 35.5. The number of nitrogens with zero attached hydrogens (tertiary/aromatic N) is 1. The van der Waals surface area contributed by atoms with Crippen molar-refractivity contribution in [1.29, 1.82) is 0 Å². The number of hydrogen-bond acceptors (Lipinski definition) is 6. The number of para-hydroxylation sites is 1. The van der Waals surface area contributed by atoms with Gasteiger partial charge in [0.15, 0.2) is 0 Å². The van der Waals surface area contributed by atoms with Gasteiger partial charge in [0.2, 0.25) is 0 Å². The van der Waals surface area contributed by atoms with Crippen LogP contribution in [0.25, 0.3) is 10.6 Å². The number of benzene rings is 2. The molecule has 0 saturated heterocycles. The minimum Gasteiger partial charge on any atom is -0.507 e. The summed E-state index contributed by atoms with van der Waals surface area (Å²) in [6.45, 7) is 2.11. The van der Waals surface area contributed by atoms with E-state index >= 15 is 0 Å². The maximum Gasteiger partial charge on any atom is 0.388 e. The zero-order valence-corrected chi connectivity index (χ0v) is 19.8. The monoisotopic (exact) mass is 538 g/mol. The first-order valence-electron chi connectivity index (χ1n) is 9.92. The van der Waals surface area contributed by atoms with Crippen molar-refractivity contribution in [3.8, 4) is 16.3 Å². The number of amides is 1. The predicted molar refractivity (Wildman–Crippen MR) is 121 cm³/mol. The number of aliphatic hydroxyl groups is 2. The van der Waals surface area contributed by atoms with Crippen LogP contribution in [0.15, 0.2) is 30.3 Å². The van der Waals surface area contributed by atoms with E-state index < -0.39 is 54.2 Å². The second kappa shape index (κ2) is 11.8. The van der Waals surface area contributed by atoms with Gasteiger partial charge in [-0.2, -0.15) is 13.2 Å². The Labute approximate surface area is 205 Å². The van der Waals surface area contributed by atoms with Crippen molar-refractivity contribution in [2.45, 2.75) is 39.2 Å². The number of alkyl halides is 3. The van der Waals surface area contributed by atoms with Crippen LogP contribution in [0.3, 0.4) is 0 Å². The third-order valence-electron chi connectivity index (χ3n) is 4.42. The Bertz CT molecular complexity index is 1180. The molecule has 4 N–H and O–H groups in total. The van der Waals surface area contributed by atoms with Crippen molar-refractivity contribution < 1.29 is 42.1 Å². The quantitative estimate of drug-likeness (QED) is 0.289. The molecule has 2 aromatic carbocycles. The molecule has 1 heterocycles. The molecule has 1 aromatic heterocycles. The van der Waals surface area contributed by atoms with E-state index in [4.69, 9.17) is 11.6 Å². The summed E-state index contributed by atoms with van der Waals surface area (Å²) >= 11 is 6.80. The maximum atomic E-state index is 14.7. The average molecular weight is 539 g/mol. The number of aromatic nitrogens is 1. The number of nitrogens with one attached hydrogen (secondary N) is 1. The van der Waals surface area contributed by atoms with Gasteiger partial charge in [0.1, 0.15) is 22.4 Å². The van der Waals surface area contributed by atoms with Crippen LogP contribution in [0.1, 0.15) is 47.3 Å². The van der Waals surface area contributed by atoms with Crippen LogP contribution in [0.2, 0.25) is 5.02 Å². The number of phenolic OH excluding ortho intramolecular Hbond substituents is 1. The molecule has 3 rings (SSSR count). The van der Waals surface area contributed by atoms with Crippen LogP contribution in [-0.4, -0.2) is 32.4 Å². The Morgan fingerprint density at radius 1 is 1.23 bits per heavy atom. The molecular weight excluding hydrogens is 519 g/mol. The highest BCUT2D eigenvalue weighted by Crippen LogP contribution is 2.36. The first-order chi connectivity index (χ1) is 16.3. The molecule has 1 amide bonds. The molecule has 1 atom stereocenters. The Morgan fingerprint density at radius 2 is 1.86 bits per heavy atom. The minimum atomic E-state index is -3.96. The summed E-state index contributed by atoms with van der Waals surface area (Å²) in [5.74, 6) is -3.18. The minimum absolute atomic E-state index is 0.0556. The number of carbonyl (C=O) groups excluding carboxylic acids is 1. The summed E-state index contributed by atoms with van der Waals surface area (Å²) in [7, 11) is 0. The first kappa shape index (κ1) is 28.4. The Balaban J connectivity index is 0.000000641. The largest absolute Gasteiger partial charge is 0.507 e. The number of halogens is 6. The lowest BCUT2D eigenvalue weighted by Crippen LogP contribution is -2.14. The molecule has 0 aliphatic heterocycles. The van der Waals surface area contributed by atoms with Gasteiger partial charge >= 0.3 is 6.18 Å². The molecule has 190 valence electrons. The van der Waals surface area contributed by atoms with E-state index in [-0.39, 0.29) is 27.0 Å². The number of aliphatic hydroxyl groups excluding tert-OH is 2. The summed E-state index contributed by atoms with van der Waals surface area (Å²) in [5, 5.41) is 31.6. The summed E-state index contributed by atoms with van der Waals surface area (Å²) in [4.78, 5) is 16.8. The Hall–Kier alpha value is -2.80. The van der Waals surface area contributed by atoms with Crippen LogP contribution >= 0.6 is 22.9 Å². The second-order valence-corrected chi connectivity index (χ2v) is 8.47. The van der Waals surface area contributed by atoms with Gasteiger partial charge in [0.05, 0.1) is 39.6 Å². The maximum absolute atomic E-state index is 14.7. The standard InChI is InChI=1S/C19H15ClF2N2O4S.C3H5F3/c1-8(26)17-14(7-25)23-19(29-17)9-6-15(27)10(5-13(9)22)18(28)24-16-11(20)3-2-4-12(16)21;1-2-3(4,5)6/h2-6,8,25-27H,7H2,1H3,(H,24,28);2H2,1H3. The Morgan fingerprint density at radius 3 is 2.34 bits per heavy atom. The lowest BCUT2D eigenvalue weighted by Gasteiger charge is -2.10. The number of thiazole rings is 1. The summed E-state index contributed by atoms with van der Waals surface area (Å²) in [5.41, 5.74) is -0.651. The van der Waals surface area contributed by atoms with Crippen molar-refractivity contribution in [3.63, 3.8) is 0 Å². The predicted octanol–water partition coefficient (Wildman–Crippen LogP) is 6.20. The van der Waals surface area contributed by atoms with Gasteiger partial charge in [-0.15, -0.1) is 11.3 Å². The van der Waals surface area contributed by atoms with Gasteiger partial charge < -0.3 is 20.6 Å². The highest BCUT2D eigenvalue weighted by Gasteiger charge is 2.23. The molecule has 0 fully saturated rings. The number of rotatable bonds is 5. The van der Waals surface area contributed by atoms with Gasteiger partial charge in [0, 0.05) is 12.0 Å². The van der Waals surface area contributed by atoms with Crippen LogP contribution in [0.5, 0.6) is 5.75 Å². The summed E-state index contributed by atoms with van der Waals surface area (Å²) in [6, 6.07) is 5.60. The number of carbonyl (C=O) groups is 1. The molecule has 0 bridgehead atoms. The lowest BCUT2D eigenvalue weighted by molar-refractivity contribution is -0.130. The van der Waals surface area contributed by atoms with E-state index in [0.29, 0.717) is 4.88 Å². The molecule has 3 aromatic rings. The topological polar surface area (TPSA) is 103 Å². The zero-order chi connectivity index (χ0) is 26.5. The van der Waals surface area contributed by atoms with Gasteiger partial charge in [0.25, 0.3) is 5.91 Å². The van der Waals surface area contributed by atoms with Crippen LogP contribution in [0, 0.1) is 11.6 Å². The smallest absolute Gasteiger partial charge is 0.388 e. The molecule has 6 nitrogen and oxygen atoms in total. The average Bonchev–Trinajstić information content (AvgIpc) is 3.22. The van der Waals surface area contributed by atoms with E-state index in [1.165, 1.54) is 19.1 Å². The first-order valence-corrected chi connectivity index (χ1v) is 11.1. The van der Waals surface area contributed by atoms with Gasteiger partial charge in [-0.3, -0.25) is 4.79 Å². The van der Waals surface area contributed by atoms with E-state index in [1.807, 2.05) is 0 Å². The van der Waals surface area contributed by atoms with Crippen LogP contribution < -0.4 is 5.32 Å². The van der Waals surface area contributed by atoms with Crippen molar-refractivity contribution in [2.24, 2.45) is 0 Å². The number of anilines is 1. The third kappa shape index (κ3) is 7.34. The molecule has 0 aliphatic carbocycles. The SMILES string of the molecule is CC(O)c1sc(-c2cc(O)c(C(=O)Nc3c(F)cccc3Cl)cc2F)nc1CO.CCC(F)(F)F. The number of hydrogen-bond donors (Lipinski definition) is 4. The van der Waals surface area contributed by atoms with Crippen molar-refractivity contribution >= 4 is 34.5 Å². The fraction of sp³-hybridized carbons (Fsp3) is 0.273. The van der Waals surface area contributed by atoms with Crippen molar-refractivity contribution in [1.82, 2.24) is 4.98 Å². The molecule has 0 spiro atoms. The molecule has 35 heavy (non-hydrogen) atoms. The molecule has 0 radical (unpaired) electrons. The van der Waals surface area contributed by atoms with Gasteiger partial charge in [-0.1, -0.05) is 24.6 Å². The molecule has 1 unspecified atom stereocenters. The zero-order valence-electron chi connectivity index (χ0n) is 18.3. The lowest BCUT2D eigenvalue weighted by atomic mass is 10.1. The number of phenols is 1. The van der Waals surface area contributed by atoms with Gasteiger partial charge in [-0.25, -0.2) is 13.8 Å². The second-order valence-electron chi connectivity index (χ2n) is 7.03. The van der Waals surface area contributed by atoms with E-state index in [9.17, 15) is 42.1 Å². The van der Waals surface area contributed by atoms with E-state index in [1.54, 1.807) is 0 Å². The van der Waals surface area contributed by atoms with E-state index in [2.05, 4.69) is 10.3 Å². The molecule has 0 aliphatic rings. The fourth-order valence-electron chi connectivity index (χ4n) is 2.62. The normalized spacial score (nSPS) is 12.1. The highest BCUT2D eigenvalue weighted by molar-refractivity contribution is 7.15. The van der Waals surface area contributed by atoms with Crippen molar-refractivity contribution in [3.05, 3.63) is 63.1 Å². The van der Waals surface area contributed by atoms with Crippen LogP contribution in [0.4, 0.5) is 27.6 Å². The van der Waals surface area contributed by atoms with Crippen LogP contribution in [-0.2, 0) is 6.61 Å². The summed E-state index contributed by atoms with van der Waals surface area (Å²) in [6.07, 6.45) is -5.61. The molecular formula is C22H20ClF5N2O4S. The third-order valence-corrected chi connectivity index (χ3v) is 6.04. The molecule has 0 saturated carbocycles. The molecule has 13 heteroatoms. The van der Waals surface area contributed by atoms with E-state index in [0.717, 1.165) is 36.5 Å². The van der Waals surface area contributed by atoms with Gasteiger partial charge in [-0.05, 0) is 31.2 Å². The fourth-order valence-corrected chi connectivity index (χ4v) is 3.86. The number of aromatic hydroxyl groups is 1. The Kier molecular flexibility index (Phi) is 9.55. The summed E-state index contributed by atoms with van der Waals surface area (Å²) < 4.78 is 60.9. The van der Waals surface area contributed by atoms with Crippen molar-refractivity contribution in [2.75, 3.05) is 5.32 Å².